The molecular weight excluding hydrogens is 287 g/mol. The predicted molar refractivity (Wildman–Crippen MR) is 63.0 cm³/mol. The number of carbonyl (C=O) groups excluding carboxylic acids is 1. The lowest BCUT2D eigenvalue weighted by molar-refractivity contribution is -0.143. The first-order valence-electron chi connectivity index (χ1n) is 5.75. The Morgan fingerprint density at radius 2 is 1.89 bits per heavy atom. The van der Waals surface area contributed by atoms with Crippen LogP contribution < -0.4 is 0 Å². The maximum absolute atomic E-state index is 11.9. The predicted octanol–water partition coefficient (Wildman–Crippen LogP) is 1.54. The van der Waals surface area contributed by atoms with Gasteiger partial charge in [0.05, 0.1) is 18.8 Å². The molecule has 0 aromatic heterocycles. The zero-order valence-corrected chi connectivity index (χ0v) is 11.7. The molecule has 0 aromatic rings. The van der Waals surface area contributed by atoms with E-state index in [1.807, 2.05) is 0 Å². The first-order valence-corrected chi connectivity index (χ1v) is 7.36. The Hall–Kier alpha value is -0.830. The van der Waals surface area contributed by atoms with Crippen molar-refractivity contribution in [2.24, 2.45) is 0 Å². The van der Waals surface area contributed by atoms with Crippen LogP contribution in [0.2, 0.25) is 0 Å². The highest BCUT2D eigenvalue weighted by Gasteiger charge is 2.28. The van der Waals surface area contributed by atoms with Crippen LogP contribution in [0, 0.1) is 0 Å². The smallest absolute Gasteiger partial charge is 0.389 e. The SMILES string of the molecule is CCOC(=O)CCN(C)S(=O)(=O)CCCC(F)(F)F. The third-order valence-corrected chi connectivity index (χ3v) is 4.21. The van der Waals surface area contributed by atoms with Gasteiger partial charge in [-0.3, -0.25) is 4.79 Å². The molecule has 0 saturated heterocycles. The third kappa shape index (κ3) is 8.82. The summed E-state index contributed by atoms with van der Waals surface area (Å²) < 4.78 is 64.4. The fourth-order valence-corrected chi connectivity index (χ4v) is 2.42. The van der Waals surface area contributed by atoms with Crippen molar-refractivity contribution in [2.75, 3.05) is 26.0 Å². The molecule has 0 radical (unpaired) electrons. The first-order chi connectivity index (χ1) is 8.58. The van der Waals surface area contributed by atoms with Crippen LogP contribution in [0.15, 0.2) is 0 Å². The van der Waals surface area contributed by atoms with E-state index in [0.717, 1.165) is 4.31 Å². The molecule has 0 saturated carbocycles. The fraction of sp³-hybridized carbons (Fsp3) is 0.900. The Morgan fingerprint density at radius 3 is 2.37 bits per heavy atom. The quantitative estimate of drug-likeness (QED) is 0.638. The number of hydrogen-bond acceptors (Lipinski definition) is 4. The third-order valence-electron chi connectivity index (χ3n) is 2.27. The Morgan fingerprint density at radius 1 is 1.32 bits per heavy atom. The summed E-state index contributed by atoms with van der Waals surface area (Å²) >= 11 is 0. The van der Waals surface area contributed by atoms with E-state index in [0.29, 0.717) is 0 Å². The summed E-state index contributed by atoms with van der Waals surface area (Å²) in [7, 11) is -2.54. The van der Waals surface area contributed by atoms with Crippen molar-refractivity contribution in [1.82, 2.24) is 4.31 Å². The number of nitrogens with zero attached hydrogens (tertiary/aromatic N) is 1. The van der Waals surface area contributed by atoms with Gasteiger partial charge in [0.15, 0.2) is 0 Å². The van der Waals surface area contributed by atoms with Gasteiger partial charge in [0.1, 0.15) is 0 Å². The van der Waals surface area contributed by atoms with E-state index in [-0.39, 0.29) is 19.6 Å². The van der Waals surface area contributed by atoms with Gasteiger partial charge in [0.25, 0.3) is 0 Å². The van der Waals surface area contributed by atoms with Crippen LogP contribution in [-0.4, -0.2) is 50.8 Å². The lowest BCUT2D eigenvalue weighted by atomic mass is 10.3. The van der Waals surface area contributed by atoms with Crippen molar-refractivity contribution in [3.8, 4) is 0 Å². The molecule has 5 nitrogen and oxygen atoms in total. The minimum atomic E-state index is -4.36. The zero-order chi connectivity index (χ0) is 15.1. The summed E-state index contributed by atoms with van der Waals surface area (Å²) in [6.07, 6.45) is -6.12. The van der Waals surface area contributed by atoms with Crippen LogP contribution in [0.3, 0.4) is 0 Å². The van der Waals surface area contributed by atoms with Crippen LogP contribution in [-0.2, 0) is 19.6 Å². The van der Waals surface area contributed by atoms with Gasteiger partial charge in [0, 0.05) is 20.0 Å². The summed E-state index contributed by atoms with van der Waals surface area (Å²) in [4.78, 5) is 11.0. The molecule has 0 aromatic carbocycles. The second-order valence-corrected chi connectivity index (χ2v) is 6.11. The molecule has 0 spiro atoms. The Bertz CT molecular complexity index is 381. The Kier molecular flexibility index (Phi) is 7.35. The summed E-state index contributed by atoms with van der Waals surface area (Å²) in [5, 5.41) is 0. The molecule has 114 valence electrons. The van der Waals surface area contributed by atoms with E-state index in [1.54, 1.807) is 6.92 Å². The highest BCUT2D eigenvalue weighted by Crippen LogP contribution is 2.21. The second-order valence-electron chi connectivity index (χ2n) is 3.91. The van der Waals surface area contributed by atoms with Gasteiger partial charge in [-0.05, 0) is 13.3 Å². The minimum absolute atomic E-state index is 0.104. The van der Waals surface area contributed by atoms with Crippen LogP contribution >= 0.6 is 0 Å². The standard InChI is InChI=1S/C10H18F3NO4S/c1-3-18-9(15)5-7-14(2)19(16,17)8-4-6-10(11,12)13/h3-8H2,1-2H3. The molecule has 0 fully saturated rings. The molecule has 9 heteroatoms. The highest BCUT2D eigenvalue weighted by molar-refractivity contribution is 7.89. The summed E-state index contributed by atoms with van der Waals surface area (Å²) in [5.74, 6) is -1.13. The van der Waals surface area contributed by atoms with Crippen molar-refractivity contribution in [3.63, 3.8) is 0 Å². The molecule has 0 heterocycles. The molecule has 0 atom stereocenters. The van der Waals surface area contributed by atoms with Crippen LogP contribution in [0.4, 0.5) is 13.2 Å². The molecule has 0 unspecified atom stereocenters. The Balaban J connectivity index is 4.14. The van der Waals surface area contributed by atoms with Crippen LogP contribution in [0.25, 0.3) is 0 Å². The number of ether oxygens (including phenoxy) is 1. The normalized spacial score (nSPS) is 12.7. The average molecular weight is 305 g/mol. The number of sulfonamides is 1. The Labute approximate surface area is 110 Å². The van der Waals surface area contributed by atoms with Crippen molar-refractivity contribution in [2.45, 2.75) is 32.4 Å². The molecule has 0 rings (SSSR count). The van der Waals surface area contributed by atoms with E-state index >= 15 is 0 Å². The van der Waals surface area contributed by atoms with Crippen molar-refractivity contribution in [1.29, 1.82) is 0 Å². The number of carbonyl (C=O) groups is 1. The number of esters is 1. The lowest BCUT2D eigenvalue weighted by Crippen LogP contribution is -2.32. The minimum Gasteiger partial charge on any atom is -0.466 e. The number of hydrogen-bond donors (Lipinski definition) is 0. The fourth-order valence-electron chi connectivity index (χ4n) is 1.23. The molecule has 0 bridgehead atoms. The monoisotopic (exact) mass is 305 g/mol. The molecule has 0 N–H and O–H groups in total. The lowest BCUT2D eigenvalue weighted by Gasteiger charge is -2.16. The van der Waals surface area contributed by atoms with Gasteiger partial charge >= 0.3 is 12.1 Å². The summed E-state index contributed by atoms with van der Waals surface area (Å²) in [5.41, 5.74) is 0. The van der Waals surface area contributed by atoms with E-state index in [2.05, 4.69) is 4.74 Å². The molecule has 19 heavy (non-hydrogen) atoms. The van der Waals surface area contributed by atoms with Crippen molar-refractivity contribution < 1.29 is 31.1 Å². The number of rotatable bonds is 8. The molecule has 0 amide bonds. The van der Waals surface area contributed by atoms with Gasteiger partial charge in [-0.25, -0.2) is 12.7 Å². The highest BCUT2D eigenvalue weighted by atomic mass is 32.2. The second kappa shape index (κ2) is 7.68. The van der Waals surface area contributed by atoms with E-state index in [4.69, 9.17) is 0 Å². The molecular formula is C10H18F3NO4S. The average Bonchev–Trinajstić information content (AvgIpc) is 2.24. The molecule has 0 aliphatic carbocycles. The van der Waals surface area contributed by atoms with Gasteiger partial charge < -0.3 is 4.74 Å². The van der Waals surface area contributed by atoms with Gasteiger partial charge in [-0.15, -0.1) is 0 Å². The summed E-state index contributed by atoms with van der Waals surface area (Å²) in [6, 6.07) is 0. The topological polar surface area (TPSA) is 63.7 Å². The largest absolute Gasteiger partial charge is 0.466 e. The molecule has 0 aliphatic heterocycles. The van der Waals surface area contributed by atoms with Crippen LogP contribution in [0.1, 0.15) is 26.2 Å². The van der Waals surface area contributed by atoms with E-state index < -0.39 is 40.8 Å². The number of halogens is 3. The molecule has 0 aliphatic rings. The summed E-state index contributed by atoms with van der Waals surface area (Å²) in [6.45, 7) is 1.71. The zero-order valence-electron chi connectivity index (χ0n) is 10.9. The van der Waals surface area contributed by atoms with E-state index in [1.165, 1.54) is 7.05 Å². The first kappa shape index (κ1) is 18.2. The number of alkyl halides is 3. The van der Waals surface area contributed by atoms with E-state index in [9.17, 15) is 26.4 Å². The maximum atomic E-state index is 11.9. The van der Waals surface area contributed by atoms with Gasteiger partial charge in [-0.1, -0.05) is 0 Å². The van der Waals surface area contributed by atoms with Crippen molar-refractivity contribution in [3.05, 3.63) is 0 Å². The van der Waals surface area contributed by atoms with Crippen LogP contribution in [0.5, 0.6) is 0 Å². The maximum Gasteiger partial charge on any atom is 0.389 e. The van der Waals surface area contributed by atoms with Crippen molar-refractivity contribution >= 4 is 16.0 Å². The van der Waals surface area contributed by atoms with Gasteiger partial charge in [-0.2, -0.15) is 13.2 Å². The van der Waals surface area contributed by atoms with Gasteiger partial charge in [0.2, 0.25) is 10.0 Å².